The molecule has 1 aliphatic heterocycles. The molecule has 1 saturated heterocycles. The van der Waals surface area contributed by atoms with Gasteiger partial charge in [0.25, 0.3) is 10.0 Å². The Hall–Kier alpha value is -1.70. The fraction of sp³-hybridized carbons (Fsp3) is 0.267. The van der Waals surface area contributed by atoms with Crippen molar-refractivity contribution in [2.24, 2.45) is 0 Å². The Kier molecular flexibility index (Phi) is 4.03. The van der Waals surface area contributed by atoms with Gasteiger partial charge in [0.15, 0.2) is 0 Å². The van der Waals surface area contributed by atoms with Crippen molar-refractivity contribution in [3.05, 3.63) is 43.0 Å². The average molecular weight is 336 g/mol. The minimum Gasteiger partial charge on any atom is -0.348 e. The lowest BCUT2D eigenvalue weighted by Crippen LogP contribution is -2.37. The molecule has 5 nitrogen and oxygen atoms in total. The molecule has 1 aliphatic rings. The van der Waals surface area contributed by atoms with E-state index in [4.69, 9.17) is 0 Å². The van der Waals surface area contributed by atoms with Crippen molar-refractivity contribution in [3.63, 3.8) is 0 Å². The predicted octanol–water partition coefficient (Wildman–Crippen LogP) is 1.97. The summed E-state index contributed by atoms with van der Waals surface area (Å²) in [6, 6.07) is 9.16. The number of hydrogen-bond donors (Lipinski definition) is 1. The molecule has 0 saturated carbocycles. The van der Waals surface area contributed by atoms with Gasteiger partial charge in [0.1, 0.15) is 4.21 Å². The monoisotopic (exact) mass is 336 g/mol. The second-order valence-electron chi connectivity index (χ2n) is 5.16. The van der Waals surface area contributed by atoms with Gasteiger partial charge in [0.2, 0.25) is 5.91 Å². The van der Waals surface area contributed by atoms with Gasteiger partial charge in [-0.3, -0.25) is 4.79 Å². The summed E-state index contributed by atoms with van der Waals surface area (Å²) in [6.45, 7) is 4.12. The van der Waals surface area contributed by atoms with E-state index >= 15 is 0 Å². The van der Waals surface area contributed by atoms with Gasteiger partial charge in [-0.05, 0) is 30.0 Å². The maximum absolute atomic E-state index is 12.7. The topological polar surface area (TPSA) is 66.5 Å². The summed E-state index contributed by atoms with van der Waals surface area (Å²) in [6.07, 6.45) is 1.81. The molecule has 1 aromatic heterocycles. The second-order valence-corrected chi connectivity index (χ2v) is 8.41. The second kappa shape index (κ2) is 5.83. The number of nitrogens with zero attached hydrogens (tertiary/aromatic N) is 1. The fourth-order valence-electron chi connectivity index (χ4n) is 2.54. The van der Waals surface area contributed by atoms with Gasteiger partial charge in [0.05, 0.1) is 0 Å². The van der Waals surface area contributed by atoms with Crippen LogP contribution in [0.5, 0.6) is 0 Å². The number of benzene rings is 1. The zero-order valence-corrected chi connectivity index (χ0v) is 13.5. The molecule has 0 spiro atoms. The maximum Gasteiger partial charge on any atom is 0.252 e. The molecule has 0 radical (unpaired) electrons. The standard InChI is InChI=1S/C15H16N2O3S2/c1-2-14(18)16-12-7-8-17(10-12)22(19,20)15-9-11-5-3-4-6-13(11)21-15/h2-6,9,12H,1,7-8,10H2,(H,16,18)/t12-/m0/s1. The van der Waals surface area contributed by atoms with Crippen molar-refractivity contribution in [2.75, 3.05) is 13.1 Å². The third-order valence-electron chi connectivity index (χ3n) is 3.68. The van der Waals surface area contributed by atoms with Crippen LogP contribution in [0.4, 0.5) is 0 Å². The van der Waals surface area contributed by atoms with E-state index in [0.29, 0.717) is 23.7 Å². The van der Waals surface area contributed by atoms with Crippen LogP contribution in [-0.4, -0.2) is 37.8 Å². The van der Waals surface area contributed by atoms with E-state index in [1.54, 1.807) is 6.07 Å². The number of amides is 1. The van der Waals surface area contributed by atoms with Crippen molar-refractivity contribution in [2.45, 2.75) is 16.7 Å². The highest BCUT2D eigenvalue weighted by atomic mass is 32.2. The lowest BCUT2D eigenvalue weighted by atomic mass is 10.2. The number of carbonyl (C=O) groups excluding carboxylic acids is 1. The summed E-state index contributed by atoms with van der Waals surface area (Å²) in [4.78, 5) is 11.3. The van der Waals surface area contributed by atoms with Crippen LogP contribution in [0.1, 0.15) is 6.42 Å². The number of nitrogens with one attached hydrogen (secondary N) is 1. The molecular formula is C15H16N2O3S2. The Morgan fingerprint density at radius 2 is 2.18 bits per heavy atom. The lowest BCUT2D eigenvalue weighted by Gasteiger charge is -2.15. The van der Waals surface area contributed by atoms with Gasteiger partial charge >= 0.3 is 0 Å². The van der Waals surface area contributed by atoms with Crippen LogP contribution in [0.15, 0.2) is 47.2 Å². The molecule has 0 aliphatic carbocycles. The summed E-state index contributed by atoms with van der Waals surface area (Å²) < 4.78 is 28.2. The van der Waals surface area contributed by atoms with Crippen LogP contribution in [0.2, 0.25) is 0 Å². The zero-order valence-electron chi connectivity index (χ0n) is 11.9. The first-order chi connectivity index (χ1) is 10.5. The van der Waals surface area contributed by atoms with Gasteiger partial charge in [-0.15, -0.1) is 11.3 Å². The van der Waals surface area contributed by atoms with Crippen molar-refractivity contribution in [3.8, 4) is 0 Å². The first-order valence-electron chi connectivity index (χ1n) is 6.92. The van der Waals surface area contributed by atoms with E-state index in [1.807, 2.05) is 24.3 Å². The Morgan fingerprint density at radius 1 is 1.41 bits per heavy atom. The lowest BCUT2D eigenvalue weighted by molar-refractivity contribution is -0.117. The van der Waals surface area contributed by atoms with Gasteiger partial charge in [-0.1, -0.05) is 24.8 Å². The van der Waals surface area contributed by atoms with Crippen molar-refractivity contribution < 1.29 is 13.2 Å². The molecule has 1 fully saturated rings. The molecule has 1 amide bonds. The molecular weight excluding hydrogens is 320 g/mol. The molecule has 1 aromatic carbocycles. The van der Waals surface area contributed by atoms with E-state index < -0.39 is 10.0 Å². The van der Waals surface area contributed by atoms with E-state index in [9.17, 15) is 13.2 Å². The third kappa shape index (κ3) is 2.79. The van der Waals surface area contributed by atoms with Gasteiger partial charge in [-0.2, -0.15) is 4.31 Å². The Balaban J connectivity index is 1.81. The zero-order chi connectivity index (χ0) is 15.7. The van der Waals surface area contributed by atoms with E-state index in [0.717, 1.165) is 10.1 Å². The van der Waals surface area contributed by atoms with Crippen LogP contribution in [0, 0.1) is 0 Å². The molecule has 0 bridgehead atoms. The Bertz CT molecular complexity index is 793. The molecule has 1 N–H and O–H groups in total. The smallest absolute Gasteiger partial charge is 0.252 e. The highest BCUT2D eigenvalue weighted by Gasteiger charge is 2.33. The number of carbonyl (C=O) groups is 1. The maximum atomic E-state index is 12.7. The largest absolute Gasteiger partial charge is 0.348 e. The molecule has 7 heteroatoms. The third-order valence-corrected chi connectivity index (χ3v) is 7.11. The summed E-state index contributed by atoms with van der Waals surface area (Å²) >= 11 is 1.28. The minimum absolute atomic E-state index is 0.158. The van der Waals surface area contributed by atoms with Crippen LogP contribution in [0.25, 0.3) is 10.1 Å². The molecule has 3 rings (SSSR count). The van der Waals surface area contributed by atoms with Crippen LogP contribution in [0.3, 0.4) is 0 Å². The van der Waals surface area contributed by atoms with Crippen LogP contribution >= 0.6 is 11.3 Å². The molecule has 22 heavy (non-hydrogen) atoms. The summed E-state index contributed by atoms with van der Waals surface area (Å²) in [5.74, 6) is -0.272. The Labute approximate surface area is 133 Å². The van der Waals surface area contributed by atoms with Gasteiger partial charge in [0, 0.05) is 23.8 Å². The minimum atomic E-state index is -3.50. The Morgan fingerprint density at radius 3 is 2.91 bits per heavy atom. The highest BCUT2D eigenvalue weighted by molar-refractivity contribution is 7.91. The van der Waals surface area contributed by atoms with Crippen LogP contribution < -0.4 is 5.32 Å². The van der Waals surface area contributed by atoms with E-state index in [2.05, 4.69) is 11.9 Å². The van der Waals surface area contributed by atoms with Gasteiger partial charge < -0.3 is 5.32 Å². The number of thiophene rings is 1. The van der Waals surface area contributed by atoms with Crippen molar-refractivity contribution in [1.82, 2.24) is 9.62 Å². The number of fused-ring (bicyclic) bond motifs is 1. The average Bonchev–Trinajstić information content (AvgIpc) is 3.13. The number of rotatable bonds is 4. The van der Waals surface area contributed by atoms with Gasteiger partial charge in [-0.25, -0.2) is 8.42 Å². The first-order valence-corrected chi connectivity index (χ1v) is 9.18. The highest BCUT2D eigenvalue weighted by Crippen LogP contribution is 2.32. The molecule has 0 unspecified atom stereocenters. The van der Waals surface area contributed by atoms with E-state index in [1.165, 1.54) is 21.7 Å². The molecule has 1 atom stereocenters. The number of hydrogen-bond acceptors (Lipinski definition) is 4. The summed E-state index contributed by atoms with van der Waals surface area (Å²) in [5, 5.41) is 3.68. The SMILES string of the molecule is C=CC(=O)N[C@H]1CCN(S(=O)(=O)c2cc3ccccc3s2)C1. The van der Waals surface area contributed by atoms with Crippen molar-refractivity contribution >= 4 is 37.4 Å². The fourth-order valence-corrected chi connectivity index (χ4v) is 5.59. The quantitative estimate of drug-likeness (QED) is 0.868. The normalized spacial score (nSPS) is 19.4. The summed E-state index contributed by atoms with van der Waals surface area (Å²) in [7, 11) is -3.50. The predicted molar refractivity (Wildman–Crippen MR) is 87.3 cm³/mol. The first kappa shape index (κ1) is 15.2. The molecule has 116 valence electrons. The van der Waals surface area contributed by atoms with E-state index in [-0.39, 0.29) is 11.9 Å². The molecule has 2 aromatic rings. The molecule has 2 heterocycles. The van der Waals surface area contributed by atoms with Crippen LogP contribution in [-0.2, 0) is 14.8 Å². The van der Waals surface area contributed by atoms with Crippen molar-refractivity contribution in [1.29, 1.82) is 0 Å². The summed E-state index contributed by atoms with van der Waals surface area (Å²) in [5.41, 5.74) is 0. The number of sulfonamides is 1.